The number of aromatic amines is 2. The van der Waals surface area contributed by atoms with Gasteiger partial charge in [0.1, 0.15) is 23.0 Å². The van der Waals surface area contributed by atoms with Crippen LogP contribution in [0, 0.1) is 0 Å². The zero-order valence-corrected chi connectivity index (χ0v) is 37.7. The zero-order valence-electron chi connectivity index (χ0n) is 37.7. The first-order valence-corrected chi connectivity index (χ1v) is 22.2. The third-order valence-corrected chi connectivity index (χ3v) is 10.8. The SMILES string of the molecule is CC(C)Oc1ccccc1-c1c2nc(c(-c3ccccc3OC(C)C)c3ccc([nH]3)c(-c3ccccc3OC(C)C)c3nc(c(-c4ccccc4OC(C)C)c4ccc1[nH]4)C=C3)C=C2. The highest BCUT2D eigenvalue weighted by molar-refractivity contribution is 6.01. The lowest BCUT2D eigenvalue weighted by Crippen LogP contribution is -2.07. The summed E-state index contributed by atoms with van der Waals surface area (Å²) < 4.78 is 26.0. The van der Waals surface area contributed by atoms with Crippen LogP contribution in [-0.2, 0) is 0 Å². The fraction of sp³-hybridized carbons (Fsp3) is 0.214. The molecular weight excluding hydrogens is 793 g/mol. The van der Waals surface area contributed by atoms with Crippen molar-refractivity contribution in [3.8, 4) is 67.5 Å². The van der Waals surface area contributed by atoms with Crippen LogP contribution < -0.4 is 18.9 Å². The molecule has 0 radical (unpaired) electrons. The Kier molecular flexibility index (Phi) is 11.7. The molecule has 8 nitrogen and oxygen atoms in total. The van der Waals surface area contributed by atoms with Crippen molar-refractivity contribution in [2.75, 3.05) is 0 Å². The number of ether oxygens (including phenoxy) is 4. The number of nitrogens with zero attached hydrogens (tertiary/aromatic N) is 2. The monoisotopic (exact) mass is 846 g/mol. The van der Waals surface area contributed by atoms with Gasteiger partial charge in [0.05, 0.1) is 47.2 Å². The first kappa shape index (κ1) is 42.0. The van der Waals surface area contributed by atoms with E-state index >= 15 is 0 Å². The van der Waals surface area contributed by atoms with Gasteiger partial charge in [-0.2, -0.15) is 0 Å². The highest BCUT2D eigenvalue weighted by atomic mass is 16.5. The summed E-state index contributed by atoms with van der Waals surface area (Å²) in [4.78, 5) is 18.8. The molecule has 0 unspecified atom stereocenters. The molecule has 322 valence electrons. The van der Waals surface area contributed by atoms with Gasteiger partial charge in [0.2, 0.25) is 0 Å². The van der Waals surface area contributed by atoms with Crippen LogP contribution in [0.15, 0.2) is 121 Å². The molecule has 2 aliphatic rings. The van der Waals surface area contributed by atoms with E-state index in [0.717, 1.165) is 112 Å². The topological polar surface area (TPSA) is 94.3 Å². The Labute approximate surface area is 375 Å². The number of hydrogen-bond acceptors (Lipinski definition) is 6. The number of benzene rings is 4. The second-order valence-corrected chi connectivity index (χ2v) is 17.2. The van der Waals surface area contributed by atoms with Gasteiger partial charge in [-0.05, 0) is 128 Å². The number of aromatic nitrogens is 4. The van der Waals surface area contributed by atoms with E-state index in [2.05, 4.69) is 82.8 Å². The maximum absolute atomic E-state index is 6.50. The number of H-pyrrole nitrogens is 2. The quantitative estimate of drug-likeness (QED) is 0.127. The molecule has 3 aromatic heterocycles. The summed E-state index contributed by atoms with van der Waals surface area (Å²) in [6.45, 7) is 16.4. The largest absolute Gasteiger partial charge is 0.490 e. The molecule has 8 bridgehead atoms. The van der Waals surface area contributed by atoms with Crippen LogP contribution in [0.1, 0.15) is 78.2 Å². The fourth-order valence-corrected chi connectivity index (χ4v) is 8.46. The van der Waals surface area contributed by atoms with Crippen LogP contribution >= 0.6 is 0 Å². The van der Waals surface area contributed by atoms with Gasteiger partial charge in [-0.15, -0.1) is 0 Å². The predicted octanol–water partition coefficient (Wildman–Crippen LogP) is 14.5. The van der Waals surface area contributed by atoms with Gasteiger partial charge in [-0.1, -0.05) is 72.8 Å². The van der Waals surface area contributed by atoms with Gasteiger partial charge in [0.15, 0.2) is 0 Å². The molecule has 5 heterocycles. The van der Waals surface area contributed by atoms with Crippen molar-refractivity contribution < 1.29 is 18.9 Å². The lowest BCUT2D eigenvalue weighted by atomic mass is 10.0. The summed E-state index contributed by atoms with van der Waals surface area (Å²) in [5.41, 5.74) is 13.9. The summed E-state index contributed by atoms with van der Waals surface area (Å²) in [6.07, 6.45) is 8.22. The molecule has 8 heteroatoms. The molecular formula is C56H54N4O4. The molecule has 0 atom stereocenters. The van der Waals surface area contributed by atoms with Crippen molar-refractivity contribution in [2.24, 2.45) is 0 Å². The molecule has 0 aliphatic carbocycles. The molecule has 0 saturated carbocycles. The Morgan fingerprint density at radius 2 is 0.531 bits per heavy atom. The van der Waals surface area contributed by atoms with E-state index in [-0.39, 0.29) is 24.4 Å². The summed E-state index contributed by atoms with van der Waals surface area (Å²) >= 11 is 0. The molecule has 2 aliphatic heterocycles. The van der Waals surface area contributed by atoms with Crippen LogP contribution in [0.5, 0.6) is 23.0 Å². The molecule has 7 aromatic rings. The first-order valence-electron chi connectivity index (χ1n) is 22.2. The second kappa shape index (κ2) is 17.8. The van der Waals surface area contributed by atoms with Crippen molar-refractivity contribution in [3.63, 3.8) is 0 Å². The fourth-order valence-electron chi connectivity index (χ4n) is 8.46. The molecule has 64 heavy (non-hydrogen) atoms. The van der Waals surface area contributed by atoms with E-state index in [4.69, 9.17) is 28.9 Å². The van der Waals surface area contributed by atoms with Crippen LogP contribution in [0.4, 0.5) is 0 Å². The Bertz CT molecular complexity index is 2690. The molecule has 0 saturated heterocycles. The third kappa shape index (κ3) is 8.43. The Morgan fingerprint density at radius 1 is 0.312 bits per heavy atom. The maximum atomic E-state index is 6.50. The van der Waals surface area contributed by atoms with Crippen molar-refractivity contribution >= 4 is 46.4 Å². The Morgan fingerprint density at radius 3 is 0.750 bits per heavy atom. The number of rotatable bonds is 12. The van der Waals surface area contributed by atoms with Crippen LogP contribution in [0.3, 0.4) is 0 Å². The van der Waals surface area contributed by atoms with E-state index in [0.29, 0.717) is 0 Å². The molecule has 9 rings (SSSR count). The lowest BCUT2D eigenvalue weighted by Gasteiger charge is -2.16. The average Bonchev–Trinajstić information content (AvgIpc) is 4.11. The van der Waals surface area contributed by atoms with E-state index in [1.165, 1.54) is 0 Å². The smallest absolute Gasteiger partial charge is 0.127 e. The average molecular weight is 847 g/mol. The van der Waals surface area contributed by atoms with Crippen molar-refractivity contribution in [2.45, 2.75) is 79.8 Å². The number of nitrogens with one attached hydrogen (secondary N) is 2. The second-order valence-electron chi connectivity index (χ2n) is 17.2. The van der Waals surface area contributed by atoms with Gasteiger partial charge in [-0.25, -0.2) is 9.97 Å². The zero-order chi connectivity index (χ0) is 44.5. The summed E-state index contributed by atoms with van der Waals surface area (Å²) in [5.74, 6) is 3.07. The number of fused-ring (bicyclic) bond motifs is 8. The van der Waals surface area contributed by atoms with Gasteiger partial charge < -0.3 is 28.9 Å². The standard InChI is InChI=1S/C56H54N4O4/c1-33(2)61-49-21-13-9-17-37(49)53-41-25-27-43(57-41)54(38-18-10-14-22-50(38)62-34(3)4)45-29-31-47(59-45)56(40-20-12-16-24-52(40)64-36(7)8)48-32-30-46(60-48)55(44-28-26-42(53)58-44)39-19-11-15-23-51(39)63-35(5)6/h9-36,57,60H,1-8H3. The van der Waals surface area contributed by atoms with Gasteiger partial charge in [-0.3, -0.25) is 0 Å². The number of hydrogen-bond donors (Lipinski definition) is 2. The molecule has 0 spiro atoms. The minimum atomic E-state index is -0.0459. The molecule has 0 fully saturated rings. The van der Waals surface area contributed by atoms with Gasteiger partial charge >= 0.3 is 0 Å². The van der Waals surface area contributed by atoms with Crippen molar-refractivity contribution in [1.29, 1.82) is 0 Å². The summed E-state index contributed by atoms with van der Waals surface area (Å²) in [6, 6.07) is 41.3. The van der Waals surface area contributed by atoms with Crippen molar-refractivity contribution in [3.05, 3.63) is 144 Å². The van der Waals surface area contributed by atoms with Crippen LogP contribution in [0.2, 0.25) is 0 Å². The minimum absolute atomic E-state index is 0.0459. The first-order chi connectivity index (χ1) is 31.0. The van der Waals surface area contributed by atoms with Gasteiger partial charge in [0.25, 0.3) is 0 Å². The maximum Gasteiger partial charge on any atom is 0.127 e. The summed E-state index contributed by atoms with van der Waals surface area (Å²) in [5, 5.41) is 0. The molecule has 2 N–H and O–H groups in total. The van der Waals surface area contributed by atoms with E-state index in [1.807, 2.05) is 128 Å². The Hall–Kier alpha value is -7.32. The van der Waals surface area contributed by atoms with Crippen LogP contribution in [-0.4, -0.2) is 44.4 Å². The van der Waals surface area contributed by atoms with E-state index in [1.54, 1.807) is 0 Å². The molecule has 0 amide bonds. The normalized spacial score (nSPS) is 12.2. The van der Waals surface area contributed by atoms with E-state index < -0.39 is 0 Å². The van der Waals surface area contributed by atoms with Gasteiger partial charge in [0, 0.05) is 66.6 Å². The van der Waals surface area contributed by atoms with Crippen molar-refractivity contribution in [1.82, 2.24) is 19.9 Å². The van der Waals surface area contributed by atoms with E-state index in [9.17, 15) is 0 Å². The highest BCUT2D eigenvalue weighted by Gasteiger charge is 2.23. The van der Waals surface area contributed by atoms with Crippen LogP contribution in [0.25, 0.3) is 90.9 Å². The predicted molar refractivity (Wildman–Crippen MR) is 264 cm³/mol. The Balaban J connectivity index is 1.49. The number of para-hydroxylation sites is 4. The molecule has 4 aromatic carbocycles. The lowest BCUT2D eigenvalue weighted by molar-refractivity contribution is 0.243. The highest BCUT2D eigenvalue weighted by Crippen LogP contribution is 2.44. The third-order valence-electron chi connectivity index (χ3n) is 10.8. The summed E-state index contributed by atoms with van der Waals surface area (Å²) in [7, 11) is 0. The minimum Gasteiger partial charge on any atom is -0.490 e.